The smallest absolute Gasteiger partial charge is 0.258 e. The molecule has 2 aliphatic rings. The molecule has 0 bridgehead atoms. The molecule has 3 aromatic rings. The lowest BCUT2D eigenvalue weighted by Gasteiger charge is -2.34. The Labute approximate surface area is 192 Å². The summed E-state index contributed by atoms with van der Waals surface area (Å²) in [7, 11) is 3.80. The van der Waals surface area contributed by atoms with Crippen molar-refractivity contribution in [3.05, 3.63) is 53.7 Å². The molecular weight excluding hydrogens is 418 g/mol. The van der Waals surface area contributed by atoms with E-state index < -0.39 is 0 Å². The van der Waals surface area contributed by atoms with E-state index >= 15 is 0 Å². The summed E-state index contributed by atoms with van der Waals surface area (Å²) in [6, 6.07) is 11.8. The molecule has 9 heteroatoms. The third kappa shape index (κ3) is 4.14. The molecule has 1 aromatic heterocycles. The second-order valence-corrected chi connectivity index (χ2v) is 8.33. The van der Waals surface area contributed by atoms with E-state index in [4.69, 9.17) is 4.74 Å². The standard InChI is InChI=1S/C24H27N7O2/c1-15-5-4-6-18-21(15)23(32)27-19-14-25-24(29-22(19)26-18)28-17-8-7-16(13-20(17)33-3)31-11-9-30(2)10-12-31/h4-8,13-14H,9-12H2,1-3H3,(H,27,32)(H2,25,26,28,29). The van der Waals surface area contributed by atoms with Crippen molar-refractivity contribution in [1.29, 1.82) is 0 Å². The normalized spacial score (nSPS) is 15.6. The van der Waals surface area contributed by atoms with E-state index in [-0.39, 0.29) is 5.91 Å². The molecule has 1 amide bonds. The van der Waals surface area contributed by atoms with Crippen LogP contribution in [-0.4, -0.2) is 61.1 Å². The summed E-state index contributed by atoms with van der Waals surface area (Å²) >= 11 is 0. The fourth-order valence-electron chi connectivity index (χ4n) is 4.18. The molecule has 0 unspecified atom stereocenters. The van der Waals surface area contributed by atoms with Crippen LogP contribution in [0.1, 0.15) is 15.9 Å². The number of benzene rings is 2. The Morgan fingerprint density at radius 3 is 2.67 bits per heavy atom. The minimum absolute atomic E-state index is 0.181. The molecule has 3 heterocycles. The van der Waals surface area contributed by atoms with Gasteiger partial charge in [-0.1, -0.05) is 12.1 Å². The average Bonchev–Trinajstić information content (AvgIpc) is 2.95. The third-order valence-corrected chi connectivity index (χ3v) is 6.09. The first-order valence-electron chi connectivity index (χ1n) is 11.0. The highest BCUT2D eigenvalue weighted by atomic mass is 16.5. The minimum Gasteiger partial charge on any atom is -0.494 e. The number of carbonyl (C=O) groups is 1. The van der Waals surface area contributed by atoms with Gasteiger partial charge in [-0.25, -0.2) is 4.98 Å². The van der Waals surface area contributed by atoms with Crippen LogP contribution in [0.4, 0.5) is 34.5 Å². The Balaban J connectivity index is 1.40. The van der Waals surface area contributed by atoms with Crippen LogP contribution in [-0.2, 0) is 0 Å². The maximum Gasteiger partial charge on any atom is 0.258 e. The number of nitrogens with one attached hydrogen (secondary N) is 3. The Morgan fingerprint density at radius 1 is 1.06 bits per heavy atom. The average molecular weight is 446 g/mol. The molecule has 3 N–H and O–H groups in total. The van der Waals surface area contributed by atoms with Crippen molar-refractivity contribution in [2.75, 3.05) is 61.2 Å². The quantitative estimate of drug-likeness (QED) is 0.561. The van der Waals surface area contributed by atoms with Gasteiger partial charge in [-0.2, -0.15) is 4.98 Å². The predicted molar refractivity (Wildman–Crippen MR) is 130 cm³/mol. The number of anilines is 6. The molecule has 2 aromatic carbocycles. The highest BCUT2D eigenvalue weighted by Crippen LogP contribution is 2.35. The highest BCUT2D eigenvalue weighted by Gasteiger charge is 2.22. The van der Waals surface area contributed by atoms with Crippen molar-refractivity contribution in [2.24, 2.45) is 0 Å². The molecule has 0 radical (unpaired) electrons. The van der Waals surface area contributed by atoms with Gasteiger partial charge in [0.25, 0.3) is 5.91 Å². The Hall–Kier alpha value is -3.85. The number of amides is 1. The maximum atomic E-state index is 12.7. The number of fused-ring (bicyclic) bond motifs is 2. The van der Waals surface area contributed by atoms with Crippen molar-refractivity contribution in [3.8, 4) is 5.75 Å². The van der Waals surface area contributed by atoms with Crippen LogP contribution < -0.4 is 25.6 Å². The van der Waals surface area contributed by atoms with E-state index in [0.29, 0.717) is 34.5 Å². The van der Waals surface area contributed by atoms with E-state index in [1.54, 1.807) is 13.3 Å². The van der Waals surface area contributed by atoms with Crippen molar-refractivity contribution in [3.63, 3.8) is 0 Å². The SMILES string of the molecule is COc1cc(N2CCN(C)CC2)ccc1Nc1ncc2c(n1)Nc1cccc(C)c1C(=O)N2. The lowest BCUT2D eigenvalue weighted by Crippen LogP contribution is -2.44. The van der Waals surface area contributed by atoms with Gasteiger partial charge in [-0.15, -0.1) is 0 Å². The molecule has 1 fully saturated rings. The van der Waals surface area contributed by atoms with Crippen LogP contribution >= 0.6 is 0 Å². The molecular formula is C24H27N7O2. The van der Waals surface area contributed by atoms with E-state index in [2.05, 4.69) is 48.8 Å². The van der Waals surface area contributed by atoms with Crippen LogP contribution in [0.25, 0.3) is 0 Å². The number of aryl methyl sites for hydroxylation is 1. The summed E-state index contributed by atoms with van der Waals surface area (Å²) in [5.74, 6) is 1.46. The first kappa shape index (κ1) is 21.0. The number of aromatic nitrogens is 2. The number of methoxy groups -OCH3 is 1. The van der Waals surface area contributed by atoms with Gasteiger partial charge in [0, 0.05) is 37.9 Å². The number of nitrogens with zero attached hydrogens (tertiary/aromatic N) is 4. The highest BCUT2D eigenvalue weighted by molar-refractivity contribution is 6.12. The molecule has 5 rings (SSSR count). The van der Waals surface area contributed by atoms with Gasteiger partial charge >= 0.3 is 0 Å². The summed E-state index contributed by atoms with van der Waals surface area (Å²) < 4.78 is 5.65. The number of likely N-dealkylation sites (N-methyl/N-ethyl adjacent to an activating group) is 1. The molecule has 170 valence electrons. The van der Waals surface area contributed by atoms with Crippen LogP contribution in [0.3, 0.4) is 0 Å². The second-order valence-electron chi connectivity index (χ2n) is 8.33. The molecule has 9 nitrogen and oxygen atoms in total. The maximum absolute atomic E-state index is 12.7. The monoisotopic (exact) mass is 445 g/mol. The summed E-state index contributed by atoms with van der Waals surface area (Å²) in [5.41, 5.74) is 4.63. The van der Waals surface area contributed by atoms with Gasteiger partial charge in [0.2, 0.25) is 5.95 Å². The van der Waals surface area contributed by atoms with Gasteiger partial charge in [-0.05, 0) is 37.7 Å². The first-order valence-corrected chi connectivity index (χ1v) is 11.0. The molecule has 0 saturated carbocycles. The minimum atomic E-state index is -0.181. The third-order valence-electron chi connectivity index (χ3n) is 6.09. The fraction of sp³-hybridized carbons (Fsp3) is 0.292. The summed E-state index contributed by atoms with van der Waals surface area (Å²) in [4.78, 5) is 26.4. The Kier molecular flexibility index (Phi) is 5.47. The molecule has 1 saturated heterocycles. The van der Waals surface area contributed by atoms with Crippen LogP contribution in [0.5, 0.6) is 5.75 Å². The summed E-state index contributed by atoms with van der Waals surface area (Å²) in [5, 5.41) is 9.41. The van der Waals surface area contributed by atoms with E-state index in [1.165, 1.54) is 0 Å². The molecule has 0 aliphatic carbocycles. The number of carbonyl (C=O) groups excluding carboxylic acids is 1. The van der Waals surface area contributed by atoms with Gasteiger partial charge in [0.1, 0.15) is 11.4 Å². The number of hydrogen-bond acceptors (Lipinski definition) is 8. The lowest BCUT2D eigenvalue weighted by atomic mass is 10.1. The summed E-state index contributed by atoms with van der Waals surface area (Å²) in [6.45, 7) is 5.96. The number of hydrogen-bond donors (Lipinski definition) is 3. The van der Waals surface area contributed by atoms with Gasteiger partial charge in [0.05, 0.1) is 30.2 Å². The van der Waals surface area contributed by atoms with Crippen LogP contribution in [0.2, 0.25) is 0 Å². The van der Waals surface area contributed by atoms with Gasteiger partial charge in [0.15, 0.2) is 5.82 Å². The second kappa shape index (κ2) is 8.59. The zero-order valence-electron chi connectivity index (χ0n) is 19.0. The lowest BCUT2D eigenvalue weighted by molar-refractivity contribution is 0.102. The topological polar surface area (TPSA) is 94.7 Å². The van der Waals surface area contributed by atoms with Crippen molar-refractivity contribution < 1.29 is 9.53 Å². The summed E-state index contributed by atoms with van der Waals surface area (Å²) in [6.07, 6.45) is 1.60. The zero-order valence-corrected chi connectivity index (χ0v) is 19.0. The van der Waals surface area contributed by atoms with E-state index in [1.807, 2.05) is 37.3 Å². The van der Waals surface area contributed by atoms with Crippen molar-refractivity contribution in [2.45, 2.75) is 6.92 Å². The zero-order chi connectivity index (χ0) is 22.9. The molecule has 2 aliphatic heterocycles. The first-order chi connectivity index (χ1) is 16.0. The van der Waals surface area contributed by atoms with Crippen LogP contribution in [0.15, 0.2) is 42.6 Å². The fourth-order valence-corrected chi connectivity index (χ4v) is 4.18. The number of rotatable bonds is 4. The van der Waals surface area contributed by atoms with E-state index in [0.717, 1.165) is 43.1 Å². The number of piperazine rings is 1. The molecule has 0 atom stereocenters. The largest absolute Gasteiger partial charge is 0.494 e. The van der Waals surface area contributed by atoms with Crippen molar-refractivity contribution >= 4 is 40.4 Å². The Morgan fingerprint density at radius 2 is 1.88 bits per heavy atom. The molecule has 33 heavy (non-hydrogen) atoms. The van der Waals surface area contributed by atoms with Crippen LogP contribution in [0, 0.1) is 6.92 Å². The van der Waals surface area contributed by atoms with Gasteiger partial charge < -0.3 is 30.5 Å². The van der Waals surface area contributed by atoms with Gasteiger partial charge in [-0.3, -0.25) is 4.79 Å². The molecule has 0 spiro atoms. The van der Waals surface area contributed by atoms with E-state index in [9.17, 15) is 4.79 Å². The number of ether oxygens (including phenoxy) is 1. The van der Waals surface area contributed by atoms with Crippen molar-refractivity contribution in [1.82, 2.24) is 14.9 Å². The predicted octanol–water partition coefficient (Wildman–Crippen LogP) is 3.60. The Bertz CT molecular complexity index is 1210.